The van der Waals surface area contributed by atoms with Gasteiger partial charge in [0.1, 0.15) is 0 Å². The number of nitrogens with zero attached hydrogens (tertiary/aromatic N) is 2. The van der Waals surface area contributed by atoms with Gasteiger partial charge in [-0.25, -0.2) is 4.79 Å². The van der Waals surface area contributed by atoms with Gasteiger partial charge in [-0.2, -0.15) is 9.98 Å². The van der Waals surface area contributed by atoms with Crippen LogP contribution in [0, 0.1) is 0 Å². The molecule has 1 N–H and O–H groups in total. The lowest BCUT2D eigenvalue weighted by Gasteiger charge is -1.62. The summed E-state index contributed by atoms with van der Waals surface area (Å²) in [6, 6.07) is 3.48. The summed E-state index contributed by atoms with van der Waals surface area (Å²) >= 11 is 0. The molecule has 0 bridgehead atoms. The summed E-state index contributed by atoms with van der Waals surface area (Å²) in [5.74, 6) is 0. The summed E-state index contributed by atoms with van der Waals surface area (Å²) in [5.41, 5.74) is 0. The molecule has 11 heavy (non-hydrogen) atoms. The van der Waals surface area contributed by atoms with Gasteiger partial charge in [-0.1, -0.05) is 0 Å². The standard InChI is InChI=1S/C4H5N.C3H2N2O/c1-2-4-5-3-1;6-3-4-1-2-5-3/h1-5H;1-2H. The first kappa shape index (κ1) is 7.40. The van der Waals surface area contributed by atoms with Crippen molar-refractivity contribution in [1.82, 2.24) is 4.98 Å². The number of urea groups is 1. The fraction of sp³-hybridized carbons (Fsp3) is 0. The molecule has 2 amide bonds. The van der Waals surface area contributed by atoms with E-state index in [2.05, 4.69) is 15.0 Å². The van der Waals surface area contributed by atoms with Crippen LogP contribution >= 0.6 is 0 Å². The highest BCUT2D eigenvalue weighted by molar-refractivity contribution is 6.25. The lowest BCUT2D eigenvalue weighted by molar-refractivity contribution is 0.257. The first-order chi connectivity index (χ1) is 5.39. The van der Waals surface area contributed by atoms with Crippen LogP contribution in [0.3, 0.4) is 0 Å². The lowest BCUT2D eigenvalue weighted by atomic mass is 10.7. The molecule has 0 spiro atoms. The van der Waals surface area contributed by atoms with Crippen molar-refractivity contribution in [1.29, 1.82) is 0 Å². The molecule has 4 nitrogen and oxygen atoms in total. The Hall–Kier alpha value is -1.71. The van der Waals surface area contributed by atoms with Crippen LogP contribution < -0.4 is 0 Å². The van der Waals surface area contributed by atoms with E-state index in [-0.39, 0.29) is 0 Å². The number of H-pyrrole nitrogens is 1. The van der Waals surface area contributed by atoms with Gasteiger partial charge < -0.3 is 4.98 Å². The maximum atomic E-state index is 9.85. The van der Waals surface area contributed by atoms with Gasteiger partial charge in [0.25, 0.3) is 0 Å². The van der Waals surface area contributed by atoms with Gasteiger partial charge in [-0.05, 0) is 12.1 Å². The third-order valence-corrected chi connectivity index (χ3v) is 0.933. The molecule has 0 fully saturated rings. The third kappa shape index (κ3) is 3.10. The molecule has 0 aliphatic carbocycles. The van der Waals surface area contributed by atoms with Crippen molar-refractivity contribution in [3.63, 3.8) is 0 Å². The number of hydrogen-bond acceptors (Lipinski definition) is 1. The monoisotopic (exact) mass is 149 g/mol. The van der Waals surface area contributed by atoms with Crippen molar-refractivity contribution in [2.45, 2.75) is 0 Å². The van der Waals surface area contributed by atoms with Crippen LogP contribution in [0.5, 0.6) is 0 Å². The second-order valence-electron chi connectivity index (χ2n) is 1.72. The number of aromatic amines is 1. The molecule has 0 unspecified atom stereocenters. The molecule has 0 saturated heterocycles. The predicted octanol–water partition coefficient (Wildman–Crippen LogP) is 1.28. The Morgan fingerprint density at radius 2 is 1.64 bits per heavy atom. The summed E-state index contributed by atoms with van der Waals surface area (Å²) in [4.78, 5) is 19.2. The van der Waals surface area contributed by atoms with Gasteiger partial charge in [-0.3, -0.25) is 0 Å². The zero-order valence-corrected chi connectivity index (χ0v) is 5.77. The Labute approximate surface area is 63.7 Å². The molecule has 1 aliphatic heterocycles. The maximum absolute atomic E-state index is 9.85. The van der Waals surface area contributed by atoms with Crippen LogP contribution in [0.25, 0.3) is 0 Å². The van der Waals surface area contributed by atoms with Crippen molar-refractivity contribution >= 4 is 18.5 Å². The Balaban J connectivity index is 0.000000112. The molecule has 0 radical (unpaired) electrons. The van der Waals surface area contributed by atoms with E-state index in [0.717, 1.165) is 0 Å². The topological polar surface area (TPSA) is 57.6 Å². The van der Waals surface area contributed by atoms with Crippen LogP contribution in [-0.4, -0.2) is 23.4 Å². The summed E-state index contributed by atoms with van der Waals surface area (Å²) in [5, 5.41) is 0. The highest BCUT2D eigenvalue weighted by Gasteiger charge is 1.91. The smallest absolute Gasteiger partial charge is 0.367 e. The summed E-state index contributed by atoms with van der Waals surface area (Å²) < 4.78 is 0. The maximum Gasteiger partial charge on any atom is 0.367 e. The highest BCUT2D eigenvalue weighted by atomic mass is 16.2. The fourth-order valence-corrected chi connectivity index (χ4v) is 0.505. The number of aliphatic imine (C=N–C) groups is 2. The number of aromatic nitrogens is 1. The van der Waals surface area contributed by atoms with Gasteiger partial charge in [0.05, 0.1) is 12.4 Å². The normalized spacial score (nSPS) is 12.9. The van der Waals surface area contributed by atoms with E-state index in [9.17, 15) is 4.79 Å². The summed E-state index contributed by atoms with van der Waals surface area (Å²) in [7, 11) is 0. The van der Waals surface area contributed by atoms with E-state index < -0.39 is 6.03 Å². The highest BCUT2D eigenvalue weighted by Crippen LogP contribution is 1.81. The average molecular weight is 149 g/mol. The molecule has 1 aromatic heterocycles. The number of amides is 2. The van der Waals surface area contributed by atoms with Gasteiger partial charge in [0.2, 0.25) is 0 Å². The fourth-order valence-electron chi connectivity index (χ4n) is 0.505. The van der Waals surface area contributed by atoms with E-state index in [1.165, 1.54) is 12.4 Å². The van der Waals surface area contributed by atoms with Crippen LogP contribution in [-0.2, 0) is 0 Å². The van der Waals surface area contributed by atoms with Gasteiger partial charge >= 0.3 is 6.03 Å². The Morgan fingerprint density at radius 1 is 1.09 bits per heavy atom. The van der Waals surface area contributed by atoms with Crippen molar-refractivity contribution in [2.75, 3.05) is 0 Å². The van der Waals surface area contributed by atoms with E-state index in [0.29, 0.717) is 0 Å². The van der Waals surface area contributed by atoms with Gasteiger partial charge in [0, 0.05) is 12.4 Å². The molecule has 0 saturated carbocycles. The molecule has 4 heteroatoms. The third-order valence-electron chi connectivity index (χ3n) is 0.933. The number of nitrogens with one attached hydrogen (secondary N) is 1. The Bertz CT molecular complexity index is 230. The summed E-state index contributed by atoms with van der Waals surface area (Å²) in [6.07, 6.45) is 6.48. The van der Waals surface area contributed by atoms with Crippen LogP contribution in [0.4, 0.5) is 4.79 Å². The van der Waals surface area contributed by atoms with E-state index in [1.54, 1.807) is 0 Å². The minimum Gasteiger partial charge on any atom is -0.368 e. The average Bonchev–Trinajstić information content (AvgIpc) is 2.57. The number of rotatable bonds is 0. The first-order valence-corrected chi connectivity index (χ1v) is 3.08. The molecule has 2 rings (SSSR count). The Morgan fingerprint density at radius 3 is 1.82 bits per heavy atom. The van der Waals surface area contributed by atoms with Crippen LogP contribution in [0.1, 0.15) is 0 Å². The van der Waals surface area contributed by atoms with E-state index in [1.807, 2.05) is 24.5 Å². The molecule has 0 atom stereocenters. The minimum absolute atomic E-state index is 0.407. The number of carbonyl (C=O) groups excluding carboxylic acids is 1. The van der Waals surface area contributed by atoms with Crippen LogP contribution in [0.2, 0.25) is 0 Å². The van der Waals surface area contributed by atoms with Gasteiger partial charge in [-0.15, -0.1) is 0 Å². The number of hydrogen-bond donors (Lipinski definition) is 1. The SMILES string of the molecule is O=C1N=CC=N1.c1cc[nH]c1. The molecule has 1 aliphatic rings. The molecular weight excluding hydrogens is 142 g/mol. The zero-order valence-electron chi connectivity index (χ0n) is 5.77. The summed E-state index contributed by atoms with van der Waals surface area (Å²) in [6.45, 7) is 0. The lowest BCUT2D eigenvalue weighted by Crippen LogP contribution is -1.70. The van der Waals surface area contributed by atoms with Crippen molar-refractivity contribution in [3.05, 3.63) is 24.5 Å². The van der Waals surface area contributed by atoms with E-state index in [4.69, 9.17) is 0 Å². The second kappa shape index (κ2) is 4.16. The van der Waals surface area contributed by atoms with Crippen molar-refractivity contribution in [3.8, 4) is 0 Å². The second-order valence-corrected chi connectivity index (χ2v) is 1.72. The minimum atomic E-state index is -0.407. The molecule has 0 aromatic carbocycles. The first-order valence-electron chi connectivity index (χ1n) is 3.08. The van der Waals surface area contributed by atoms with Crippen molar-refractivity contribution < 1.29 is 4.79 Å². The quantitative estimate of drug-likeness (QED) is 0.593. The van der Waals surface area contributed by atoms with E-state index >= 15 is 0 Å². The van der Waals surface area contributed by atoms with Gasteiger partial charge in [0.15, 0.2) is 0 Å². The Kier molecular flexibility index (Phi) is 2.80. The van der Waals surface area contributed by atoms with Crippen molar-refractivity contribution in [2.24, 2.45) is 9.98 Å². The van der Waals surface area contributed by atoms with Crippen LogP contribution in [0.15, 0.2) is 34.5 Å². The number of carbonyl (C=O) groups is 1. The molecular formula is C7H7N3O. The molecule has 1 aromatic rings. The zero-order chi connectivity index (χ0) is 7.94. The molecule has 2 heterocycles. The predicted molar refractivity (Wildman–Crippen MR) is 43.2 cm³/mol. The molecule has 56 valence electrons. The largest absolute Gasteiger partial charge is 0.368 e.